The van der Waals surface area contributed by atoms with Gasteiger partial charge in [-0.2, -0.15) is 24.3 Å². The number of aromatic nitrogens is 1. The minimum Gasteiger partial charge on any atom is -0.463 e. The van der Waals surface area contributed by atoms with Gasteiger partial charge >= 0.3 is 25.4 Å². The number of rotatable bonds is 5. The zero-order chi connectivity index (χ0) is 19.8. The zero-order valence-corrected chi connectivity index (χ0v) is 18.4. The Hall–Kier alpha value is -2.49. The van der Waals surface area contributed by atoms with Gasteiger partial charge in [0.05, 0.1) is 12.1 Å². The summed E-state index contributed by atoms with van der Waals surface area (Å²) in [6.45, 7) is 2.35. The van der Waals surface area contributed by atoms with Crippen LogP contribution < -0.4 is 5.32 Å². The van der Waals surface area contributed by atoms with Gasteiger partial charge < -0.3 is 10.1 Å². The Morgan fingerprint density at radius 2 is 2.00 bits per heavy atom. The molecule has 4 rings (SSSR count). The second kappa shape index (κ2) is 11.5. The first kappa shape index (κ1) is 22.8. The number of hydrogen-bond donors (Lipinski definition) is 1. The monoisotopic (exact) mass is 494 g/mol. The maximum absolute atomic E-state index is 10.9. The molecule has 0 saturated heterocycles. The van der Waals surface area contributed by atoms with Crippen LogP contribution in [0.2, 0.25) is 5.02 Å². The molecular weight excluding hydrogens is 473 g/mol. The predicted molar refractivity (Wildman–Crippen MR) is 114 cm³/mol. The molecule has 0 unspecified atom stereocenters. The van der Waals surface area contributed by atoms with E-state index in [1.54, 1.807) is 6.20 Å². The molecule has 0 fully saturated rings. The molecule has 3 aromatic carbocycles. The average Bonchev–Trinajstić information content (AvgIpc) is 3.39. The SMILES string of the molecule is CC(=O)OCc1ccc[c-]1CNc1ccnc2cc(Cl)ccc12.[Ru+2].c1cc[cH-]c1. The quantitative estimate of drug-likeness (QED) is 0.220. The third-order valence-electron chi connectivity index (χ3n) is 4.17. The number of carbonyl (C=O) groups excluding carboxylic acids is 1. The van der Waals surface area contributed by atoms with Gasteiger partial charge in [0.15, 0.2) is 0 Å². The van der Waals surface area contributed by atoms with Crippen molar-refractivity contribution in [1.29, 1.82) is 0 Å². The van der Waals surface area contributed by atoms with Crippen molar-refractivity contribution >= 4 is 34.2 Å². The largest absolute Gasteiger partial charge is 2.00 e. The van der Waals surface area contributed by atoms with Crippen LogP contribution in [0.3, 0.4) is 0 Å². The molecule has 6 heteroatoms. The van der Waals surface area contributed by atoms with Crippen LogP contribution in [0.15, 0.2) is 79.0 Å². The zero-order valence-electron chi connectivity index (χ0n) is 15.9. The van der Waals surface area contributed by atoms with E-state index in [1.165, 1.54) is 6.92 Å². The molecule has 1 aromatic heterocycles. The molecule has 1 N–H and O–H groups in total. The van der Waals surface area contributed by atoms with E-state index in [4.69, 9.17) is 16.3 Å². The molecule has 4 nitrogen and oxygen atoms in total. The second-order valence-electron chi connectivity index (χ2n) is 6.19. The summed E-state index contributed by atoms with van der Waals surface area (Å²) in [5, 5.41) is 5.10. The van der Waals surface area contributed by atoms with Gasteiger partial charge in [-0.05, 0) is 30.8 Å². The number of halogens is 1. The molecule has 0 amide bonds. The molecule has 1 heterocycles. The minimum absolute atomic E-state index is 0. The Labute approximate surface area is 188 Å². The van der Waals surface area contributed by atoms with Crippen LogP contribution in [-0.2, 0) is 42.2 Å². The summed E-state index contributed by atoms with van der Waals surface area (Å²) in [4.78, 5) is 15.3. The number of nitrogens with one attached hydrogen (secondary N) is 1. The first-order valence-electron chi connectivity index (χ1n) is 8.95. The van der Waals surface area contributed by atoms with Gasteiger partial charge in [-0.25, -0.2) is 24.3 Å². The molecule has 0 saturated carbocycles. The molecule has 0 aliphatic heterocycles. The van der Waals surface area contributed by atoms with Gasteiger partial charge in [0.1, 0.15) is 0 Å². The van der Waals surface area contributed by atoms with Crippen molar-refractivity contribution in [2.45, 2.75) is 20.1 Å². The van der Waals surface area contributed by atoms with Gasteiger partial charge in [0, 0.05) is 29.2 Å². The van der Waals surface area contributed by atoms with Crippen molar-refractivity contribution < 1.29 is 29.0 Å². The van der Waals surface area contributed by atoms with E-state index in [1.807, 2.05) is 72.8 Å². The Balaban J connectivity index is 0.000000437. The molecule has 0 aliphatic carbocycles. The van der Waals surface area contributed by atoms with E-state index in [-0.39, 0.29) is 25.4 Å². The number of hydrogen-bond acceptors (Lipinski definition) is 4. The number of benzene rings is 1. The number of nitrogens with zero attached hydrogens (tertiary/aromatic N) is 1. The number of pyridine rings is 1. The normalized spacial score (nSPS) is 9.86. The number of anilines is 1. The van der Waals surface area contributed by atoms with Crippen molar-refractivity contribution in [3.8, 4) is 0 Å². The molecule has 29 heavy (non-hydrogen) atoms. The molecular formula is C23H21ClN2O2Ru. The second-order valence-corrected chi connectivity index (χ2v) is 6.63. The molecule has 0 radical (unpaired) electrons. The standard InChI is InChI=1S/C18H16ClN2O2.C5H5.Ru/c1-12(22)23-11-14-4-2-3-13(14)10-21-17-7-8-20-18-9-15(19)5-6-16(17)18;1-2-4-5-3-1;/h2-9H,10-11H2,1H3,(H,20,21);1-5H;/q2*-1;+2. The van der Waals surface area contributed by atoms with E-state index in [9.17, 15) is 4.79 Å². The molecule has 0 aliphatic rings. The minimum atomic E-state index is -0.276. The first-order chi connectivity index (χ1) is 13.6. The van der Waals surface area contributed by atoms with Gasteiger partial charge in [0.25, 0.3) is 0 Å². The third kappa shape index (κ3) is 6.81. The van der Waals surface area contributed by atoms with E-state index in [0.29, 0.717) is 18.2 Å². The Morgan fingerprint density at radius 1 is 1.21 bits per heavy atom. The fraction of sp³-hybridized carbons (Fsp3) is 0.130. The summed E-state index contributed by atoms with van der Waals surface area (Å²) in [6.07, 6.45) is 1.76. The van der Waals surface area contributed by atoms with Crippen molar-refractivity contribution in [3.63, 3.8) is 0 Å². The first-order valence-corrected chi connectivity index (χ1v) is 9.33. The third-order valence-corrected chi connectivity index (χ3v) is 4.40. The summed E-state index contributed by atoms with van der Waals surface area (Å²) in [5.41, 5.74) is 3.95. The van der Waals surface area contributed by atoms with E-state index in [0.717, 1.165) is 27.7 Å². The number of fused-ring (bicyclic) bond motifs is 1. The fourth-order valence-corrected chi connectivity index (χ4v) is 2.94. The molecule has 4 aromatic rings. The molecule has 0 atom stereocenters. The van der Waals surface area contributed by atoms with Gasteiger partial charge in [-0.3, -0.25) is 9.78 Å². The average molecular weight is 494 g/mol. The van der Waals surface area contributed by atoms with Gasteiger partial charge in [-0.15, -0.1) is 11.1 Å². The van der Waals surface area contributed by atoms with Crippen LogP contribution in [0.25, 0.3) is 10.9 Å². The van der Waals surface area contributed by atoms with E-state index in [2.05, 4.69) is 10.3 Å². The van der Waals surface area contributed by atoms with Crippen LogP contribution in [-0.4, -0.2) is 11.0 Å². The van der Waals surface area contributed by atoms with Crippen LogP contribution in [0.1, 0.15) is 18.1 Å². The van der Waals surface area contributed by atoms with Crippen LogP contribution in [0.5, 0.6) is 0 Å². The van der Waals surface area contributed by atoms with E-state index < -0.39 is 0 Å². The van der Waals surface area contributed by atoms with Gasteiger partial charge in [0.2, 0.25) is 0 Å². The van der Waals surface area contributed by atoms with Crippen LogP contribution in [0.4, 0.5) is 5.69 Å². The Bertz CT molecular complexity index is 1010. The molecule has 150 valence electrons. The molecule has 0 bridgehead atoms. The van der Waals surface area contributed by atoms with Crippen LogP contribution >= 0.6 is 11.6 Å². The van der Waals surface area contributed by atoms with Crippen molar-refractivity contribution in [2.24, 2.45) is 0 Å². The summed E-state index contributed by atoms with van der Waals surface area (Å²) in [6, 6.07) is 23.5. The van der Waals surface area contributed by atoms with Gasteiger partial charge in [-0.1, -0.05) is 11.6 Å². The van der Waals surface area contributed by atoms with E-state index >= 15 is 0 Å². The number of esters is 1. The van der Waals surface area contributed by atoms with Crippen molar-refractivity contribution in [3.05, 3.63) is 95.1 Å². The summed E-state index contributed by atoms with van der Waals surface area (Å²) >= 11 is 6.01. The molecule has 0 spiro atoms. The fourth-order valence-electron chi connectivity index (χ4n) is 2.77. The summed E-state index contributed by atoms with van der Waals surface area (Å²) in [5.74, 6) is -0.276. The maximum atomic E-state index is 10.9. The summed E-state index contributed by atoms with van der Waals surface area (Å²) < 4.78 is 5.07. The topological polar surface area (TPSA) is 51.2 Å². The Morgan fingerprint density at radius 3 is 2.69 bits per heavy atom. The van der Waals surface area contributed by atoms with Crippen molar-refractivity contribution in [1.82, 2.24) is 4.98 Å². The number of carbonyl (C=O) groups is 1. The maximum Gasteiger partial charge on any atom is 2.00 e. The van der Waals surface area contributed by atoms with Crippen molar-refractivity contribution in [2.75, 3.05) is 5.32 Å². The Kier molecular flexibility index (Phi) is 9.04. The smallest absolute Gasteiger partial charge is 0.463 e. The summed E-state index contributed by atoms with van der Waals surface area (Å²) in [7, 11) is 0. The number of ether oxygens (including phenoxy) is 1. The van der Waals surface area contributed by atoms with Crippen LogP contribution in [0, 0.1) is 0 Å². The predicted octanol–water partition coefficient (Wildman–Crippen LogP) is 5.69.